The van der Waals surface area contributed by atoms with E-state index in [1.165, 1.54) is 0 Å². The van der Waals surface area contributed by atoms with Crippen molar-refractivity contribution in [3.05, 3.63) is 34.9 Å². The fourth-order valence-corrected chi connectivity index (χ4v) is 4.41. The first-order valence-electron chi connectivity index (χ1n) is 10.8. The second-order valence-corrected chi connectivity index (χ2v) is 8.19. The Morgan fingerprint density at radius 3 is 2.80 bits per heavy atom. The summed E-state index contributed by atoms with van der Waals surface area (Å²) in [6.07, 6.45) is 1.12. The first kappa shape index (κ1) is 23.3. The molecule has 2 atom stereocenters. The van der Waals surface area contributed by atoms with Gasteiger partial charge in [-0.05, 0) is 18.1 Å². The van der Waals surface area contributed by atoms with Crippen LogP contribution in [-0.2, 0) is 14.2 Å². The summed E-state index contributed by atoms with van der Waals surface area (Å²) in [5, 5.41) is 4.41. The zero-order valence-corrected chi connectivity index (χ0v) is 18.9. The van der Waals surface area contributed by atoms with Crippen molar-refractivity contribution in [3.8, 4) is 0 Å². The van der Waals surface area contributed by atoms with Gasteiger partial charge in [-0.15, -0.1) is 0 Å². The molecule has 1 N–H and O–H groups in total. The van der Waals surface area contributed by atoms with Gasteiger partial charge >= 0.3 is 0 Å². The molecule has 0 aliphatic carbocycles. The molecule has 30 heavy (non-hydrogen) atoms. The number of methoxy groups -OCH3 is 1. The number of ether oxygens (including phenoxy) is 3. The smallest absolute Gasteiger partial charge is 0.193 e. The zero-order chi connectivity index (χ0) is 21.2. The highest BCUT2D eigenvalue weighted by Gasteiger charge is 2.28. The van der Waals surface area contributed by atoms with Crippen LogP contribution in [0.5, 0.6) is 0 Å². The van der Waals surface area contributed by atoms with Crippen LogP contribution in [0, 0.1) is 5.92 Å². The Hall–Kier alpha value is -1.38. The minimum Gasteiger partial charge on any atom is -0.382 e. The van der Waals surface area contributed by atoms with Gasteiger partial charge in [0.15, 0.2) is 5.96 Å². The second-order valence-electron chi connectivity index (χ2n) is 7.78. The molecule has 1 aromatic carbocycles. The van der Waals surface area contributed by atoms with Crippen LogP contribution in [0.25, 0.3) is 0 Å². The summed E-state index contributed by atoms with van der Waals surface area (Å²) in [5.41, 5.74) is 1.15. The first-order valence-corrected chi connectivity index (χ1v) is 11.2. The third-order valence-corrected chi connectivity index (χ3v) is 6.13. The topological polar surface area (TPSA) is 58.6 Å². The number of halogens is 1. The zero-order valence-electron chi connectivity index (χ0n) is 18.2. The highest BCUT2D eigenvalue weighted by Crippen LogP contribution is 2.28. The number of aliphatic imine (C=N–C) groups is 1. The lowest BCUT2D eigenvalue weighted by molar-refractivity contribution is 0.0169. The van der Waals surface area contributed by atoms with E-state index in [9.17, 15) is 0 Å². The van der Waals surface area contributed by atoms with Crippen LogP contribution in [0.1, 0.15) is 18.0 Å². The Morgan fingerprint density at radius 1 is 1.27 bits per heavy atom. The van der Waals surface area contributed by atoms with Crippen LogP contribution in [0.15, 0.2) is 29.3 Å². The number of benzene rings is 1. The molecular weight excluding hydrogens is 404 g/mol. The van der Waals surface area contributed by atoms with Gasteiger partial charge in [0.2, 0.25) is 0 Å². The van der Waals surface area contributed by atoms with Gasteiger partial charge in [-0.2, -0.15) is 0 Å². The van der Waals surface area contributed by atoms with E-state index in [1.807, 2.05) is 19.2 Å². The van der Waals surface area contributed by atoms with Crippen LogP contribution < -0.4 is 5.32 Å². The molecule has 2 aliphatic heterocycles. The molecule has 0 amide bonds. The molecule has 8 heteroatoms. The predicted octanol–water partition coefficient (Wildman–Crippen LogP) is 2.27. The van der Waals surface area contributed by atoms with Gasteiger partial charge in [-0.25, -0.2) is 0 Å². The summed E-state index contributed by atoms with van der Waals surface area (Å²) in [6.45, 7) is 8.09. The number of likely N-dealkylation sites (tertiary alicyclic amines) is 1. The molecule has 7 nitrogen and oxygen atoms in total. The Kier molecular flexibility index (Phi) is 9.68. The standard InChI is InChI=1S/C22H35ClN4O3/c1-24-22(27-8-7-18(16-27)17-30-14-13-28-2)25-15-21(26-9-11-29-12-10-26)19-5-3-4-6-20(19)23/h3-6,18,21H,7-17H2,1-2H3,(H,24,25). The lowest BCUT2D eigenvalue weighted by Gasteiger charge is -2.36. The summed E-state index contributed by atoms with van der Waals surface area (Å²) in [5.74, 6) is 1.47. The van der Waals surface area contributed by atoms with Gasteiger partial charge in [-0.1, -0.05) is 29.8 Å². The third-order valence-electron chi connectivity index (χ3n) is 5.79. The van der Waals surface area contributed by atoms with E-state index in [0.717, 1.165) is 75.5 Å². The average molecular weight is 439 g/mol. The third kappa shape index (κ3) is 6.56. The first-order chi connectivity index (χ1) is 14.7. The summed E-state index contributed by atoms with van der Waals surface area (Å²) >= 11 is 6.56. The van der Waals surface area contributed by atoms with Crippen LogP contribution in [0.2, 0.25) is 5.02 Å². The average Bonchev–Trinajstić information content (AvgIpc) is 3.24. The van der Waals surface area contributed by atoms with Crippen molar-refractivity contribution in [2.45, 2.75) is 12.5 Å². The molecular formula is C22H35ClN4O3. The molecule has 2 fully saturated rings. The van der Waals surface area contributed by atoms with Gasteiger partial charge < -0.3 is 24.4 Å². The van der Waals surface area contributed by atoms with Crippen molar-refractivity contribution in [3.63, 3.8) is 0 Å². The van der Waals surface area contributed by atoms with Gasteiger partial charge in [0, 0.05) is 57.8 Å². The summed E-state index contributed by atoms with van der Waals surface area (Å²) in [4.78, 5) is 9.31. The molecule has 0 aromatic heterocycles. The number of guanidine groups is 1. The maximum Gasteiger partial charge on any atom is 0.193 e. The predicted molar refractivity (Wildman–Crippen MR) is 120 cm³/mol. The van der Waals surface area contributed by atoms with Crippen molar-refractivity contribution in [1.29, 1.82) is 0 Å². The summed E-state index contributed by atoms with van der Waals surface area (Å²) in [7, 11) is 3.55. The van der Waals surface area contributed by atoms with Crippen molar-refractivity contribution >= 4 is 17.6 Å². The molecule has 0 radical (unpaired) electrons. The normalized spacial score (nSPS) is 21.8. The number of rotatable bonds is 9. The lowest BCUT2D eigenvalue weighted by atomic mass is 10.0. The van der Waals surface area contributed by atoms with Gasteiger partial charge in [0.25, 0.3) is 0 Å². The highest BCUT2D eigenvalue weighted by atomic mass is 35.5. The van der Waals surface area contributed by atoms with Crippen molar-refractivity contribution in [2.24, 2.45) is 10.9 Å². The Morgan fingerprint density at radius 2 is 2.07 bits per heavy atom. The van der Waals surface area contributed by atoms with Crippen LogP contribution in [-0.4, -0.2) is 95.7 Å². The van der Waals surface area contributed by atoms with Crippen LogP contribution in [0.4, 0.5) is 0 Å². The maximum atomic E-state index is 6.56. The molecule has 2 saturated heterocycles. The SMILES string of the molecule is CN=C(NCC(c1ccccc1Cl)N1CCOCC1)N1CCC(COCCOC)C1. The maximum absolute atomic E-state index is 6.56. The largest absolute Gasteiger partial charge is 0.382 e. The van der Waals surface area contributed by atoms with Gasteiger partial charge in [0.1, 0.15) is 0 Å². The van der Waals surface area contributed by atoms with E-state index in [2.05, 4.69) is 32.2 Å². The van der Waals surface area contributed by atoms with Crippen LogP contribution in [0.3, 0.4) is 0 Å². The molecule has 3 rings (SSSR count). The summed E-state index contributed by atoms with van der Waals surface area (Å²) < 4.78 is 16.3. The van der Waals surface area contributed by atoms with E-state index in [-0.39, 0.29) is 6.04 Å². The molecule has 0 spiro atoms. The van der Waals surface area contributed by atoms with Gasteiger partial charge in [-0.3, -0.25) is 9.89 Å². The van der Waals surface area contributed by atoms with Gasteiger partial charge in [0.05, 0.1) is 39.1 Å². The number of nitrogens with zero attached hydrogens (tertiary/aromatic N) is 3. The van der Waals surface area contributed by atoms with Crippen molar-refractivity contribution in [1.82, 2.24) is 15.1 Å². The second kappa shape index (κ2) is 12.5. The monoisotopic (exact) mass is 438 g/mol. The highest BCUT2D eigenvalue weighted by molar-refractivity contribution is 6.31. The molecule has 1 aromatic rings. The van der Waals surface area contributed by atoms with E-state index >= 15 is 0 Å². The Bertz CT molecular complexity index is 670. The fraction of sp³-hybridized carbons (Fsp3) is 0.682. The summed E-state index contributed by atoms with van der Waals surface area (Å²) in [6, 6.07) is 8.30. The number of hydrogen-bond donors (Lipinski definition) is 1. The van der Waals surface area contributed by atoms with E-state index in [1.54, 1.807) is 7.11 Å². The molecule has 2 unspecified atom stereocenters. The van der Waals surface area contributed by atoms with Crippen molar-refractivity contribution < 1.29 is 14.2 Å². The molecule has 168 valence electrons. The van der Waals surface area contributed by atoms with Crippen LogP contribution >= 0.6 is 11.6 Å². The lowest BCUT2D eigenvalue weighted by Crippen LogP contribution is -2.47. The van der Waals surface area contributed by atoms with E-state index in [0.29, 0.717) is 19.1 Å². The molecule has 2 heterocycles. The molecule has 0 saturated carbocycles. The van der Waals surface area contributed by atoms with E-state index in [4.69, 9.17) is 25.8 Å². The minimum absolute atomic E-state index is 0.176. The Balaban J connectivity index is 1.58. The number of hydrogen-bond acceptors (Lipinski definition) is 5. The fourth-order valence-electron chi connectivity index (χ4n) is 4.14. The molecule has 0 bridgehead atoms. The number of morpholine rings is 1. The quantitative estimate of drug-likeness (QED) is 0.362. The van der Waals surface area contributed by atoms with Crippen molar-refractivity contribution in [2.75, 3.05) is 79.9 Å². The minimum atomic E-state index is 0.176. The Labute approximate surface area is 185 Å². The molecule has 2 aliphatic rings. The number of nitrogens with one attached hydrogen (secondary N) is 1. The van der Waals surface area contributed by atoms with E-state index < -0.39 is 0 Å².